The van der Waals surface area contributed by atoms with Gasteiger partial charge in [0.05, 0.1) is 19.2 Å². The Balaban J connectivity index is 1.67. The van der Waals surface area contributed by atoms with Crippen LogP contribution in [-0.2, 0) is 16.2 Å². The van der Waals surface area contributed by atoms with E-state index in [1.165, 1.54) is 0 Å². The summed E-state index contributed by atoms with van der Waals surface area (Å²) in [6.07, 6.45) is 4.48. The largest absolute Gasteiger partial charge is 0.466 e. The molecule has 1 aliphatic heterocycles. The van der Waals surface area contributed by atoms with E-state index in [0.717, 1.165) is 55.4 Å². The van der Waals surface area contributed by atoms with Crippen molar-refractivity contribution in [3.05, 3.63) is 36.0 Å². The third kappa shape index (κ3) is 3.29. The lowest BCUT2D eigenvalue weighted by molar-refractivity contribution is -0.149. The molecule has 2 aromatic rings. The number of piperidine rings is 1. The first-order valence-electron chi connectivity index (χ1n) is 8.15. The van der Waals surface area contributed by atoms with Crippen LogP contribution in [0.4, 0.5) is 0 Å². The SMILES string of the molecule is CCOC(=O)C1CCN(Cn2cc(C=O)c3ccccc32)CC1. The average Bonchev–Trinajstić information content (AvgIpc) is 2.94. The Bertz CT molecular complexity index is 699. The lowest BCUT2D eigenvalue weighted by Crippen LogP contribution is -2.37. The van der Waals surface area contributed by atoms with E-state index in [9.17, 15) is 9.59 Å². The van der Waals surface area contributed by atoms with Gasteiger partial charge in [0.15, 0.2) is 6.29 Å². The first kappa shape index (κ1) is 15.7. The van der Waals surface area contributed by atoms with Crippen molar-refractivity contribution in [3.63, 3.8) is 0 Å². The number of likely N-dealkylation sites (tertiary alicyclic amines) is 1. The van der Waals surface area contributed by atoms with E-state index in [4.69, 9.17) is 4.74 Å². The highest BCUT2D eigenvalue weighted by Crippen LogP contribution is 2.23. The Hall–Kier alpha value is -2.14. The van der Waals surface area contributed by atoms with Crippen molar-refractivity contribution in [2.45, 2.75) is 26.4 Å². The Labute approximate surface area is 135 Å². The maximum Gasteiger partial charge on any atom is 0.309 e. The number of fused-ring (bicyclic) bond motifs is 1. The number of hydrogen-bond acceptors (Lipinski definition) is 4. The third-order valence-corrected chi connectivity index (χ3v) is 4.51. The van der Waals surface area contributed by atoms with Crippen LogP contribution in [0.5, 0.6) is 0 Å². The van der Waals surface area contributed by atoms with Gasteiger partial charge in [-0.05, 0) is 25.8 Å². The molecule has 0 amide bonds. The quantitative estimate of drug-likeness (QED) is 0.629. The minimum absolute atomic E-state index is 0.0261. The zero-order valence-corrected chi connectivity index (χ0v) is 13.4. The number of nitrogens with zero attached hydrogens (tertiary/aromatic N) is 2. The zero-order valence-electron chi connectivity index (χ0n) is 13.4. The third-order valence-electron chi connectivity index (χ3n) is 4.51. The van der Waals surface area contributed by atoms with E-state index in [1.807, 2.05) is 37.4 Å². The second-order valence-corrected chi connectivity index (χ2v) is 5.98. The summed E-state index contributed by atoms with van der Waals surface area (Å²) in [6, 6.07) is 7.95. The second-order valence-electron chi connectivity index (χ2n) is 5.98. The molecule has 122 valence electrons. The molecule has 1 saturated heterocycles. The van der Waals surface area contributed by atoms with Gasteiger partial charge in [-0.2, -0.15) is 0 Å². The number of aromatic nitrogens is 1. The Morgan fingerprint density at radius 1 is 1.30 bits per heavy atom. The van der Waals surface area contributed by atoms with Gasteiger partial charge in [-0.3, -0.25) is 14.5 Å². The predicted octanol–water partition coefficient (Wildman–Crippen LogP) is 2.69. The van der Waals surface area contributed by atoms with E-state index >= 15 is 0 Å². The molecule has 3 rings (SSSR count). The van der Waals surface area contributed by atoms with E-state index in [2.05, 4.69) is 9.47 Å². The van der Waals surface area contributed by atoms with Crippen LogP contribution in [-0.4, -0.2) is 41.4 Å². The molecule has 0 atom stereocenters. The summed E-state index contributed by atoms with van der Waals surface area (Å²) in [5.41, 5.74) is 1.80. The number of hydrogen-bond donors (Lipinski definition) is 0. The predicted molar refractivity (Wildman–Crippen MR) is 88.3 cm³/mol. The van der Waals surface area contributed by atoms with Crippen LogP contribution in [0.2, 0.25) is 0 Å². The molecule has 0 spiro atoms. The summed E-state index contributed by atoms with van der Waals surface area (Å²) in [5, 5.41) is 0.990. The number of esters is 1. The van der Waals surface area contributed by atoms with Crippen molar-refractivity contribution < 1.29 is 14.3 Å². The van der Waals surface area contributed by atoms with Gasteiger partial charge in [-0.25, -0.2) is 0 Å². The fourth-order valence-corrected chi connectivity index (χ4v) is 3.27. The van der Waals surface area contributed by atoms with Crippen molar-refractivity contribution in [1.82, 2.24) is 9.47 Å². The monoisotopic (exact) mass is 314 g/mol. The van der Waals surface area contributed by atoms with Crippen LogP contribution < -0.4 is 0 Å². The van der Waals surface area contributed by atoms with Gasteiger partial charge in [0.25, 0.3) is 0 Å². The highest BCUT2D eigenvalue weighted by atomic mass is 16.5. The van der Waals surface area contributed by atoms with Crippen molar-refractivity contribution >= 4 is 23.2 Å². The molecule has 0 bridgehead atoms. The molecule has 0 N–H and O–H groups in total. The molecule has 2 heterocycles. The van der Waals surface area contributed by atoms with Gasteiger partial charge in [0.2, 0.25) is 0 Å². The maximum atomic E-state index is 11.8. The maximum absolute atomic E-state index is 11.8. The first-order valence-corrected chi connectivity index (χ1v) is 8.15. The summed E-state index contributed by atoms with van der Waals surface area (Å²) in [6.45, 7) is 4.76. The van der Waals surface area contributed by atoms with Crippen LogP contribution in [0.25, 0.3) is 10.9 Å². The lowest BCUT2D eigenvalue weighted by Gasteiger charge is -2.31. The van der Waals surface area contributed by atoms with Crippen molar-refractivity contribution in [2.75, 3.05) is 19.7 Å². The summed E-state index contributed by atoms with van der Waals surface area (Å²) >= 11 is 0. The van der Waals surface area contributed by atoms with Crippen molar-refractivity contribution in [1.29, 1.82) is 0 Å². The molecule has 0 aliphatic carbocycles. The summed E-state index contributed by atoms with van der Waals surface area (Å²) in [5.74, 6) is -0.0417. The summed E-state index contributed by atoms with van der Waals surface area (Å²) in [4.78, 5) is 25.3. The van der Waals surface area contributed by atoms with E-state index < -0.39 is 0 Å². The zero-order chi connectivity index (χ0) is 16.2. The lowest BCUT2D eigenvalue weighted by atomic mass is 9.97. The number of ether oxygens (including phenoxy) is 1. The molecule has 1 fully saturated rings. The fraction of sp³-hybridized carbons (Fsp3) is 0.444. The molecule has 1 aromatic carbocycles. The van der Waals surface area contributed by atoms with Gasteiger partial charge < -0.3 is 9.30 Å². The smallest absolute Gasteiger partial charge is 0.309 e. The second kappa shape index (κ2) is 6.96. The van der Waals surface area contributed by atoms with Gasteiger partial charge >= 0.3 is 5.97 Å². The van der Waals surface area contributed by atoms with Gasteiger partial charge in [0, 0.05) is 35.8 Å². The number of rotatable bonds is 5. The minimum atomic E-state index is -0.0678. The molecule has 0 saturated carbocycles. The van der Waals surface area contributed by atoms with Crippen LogP contribution in [0.15, 0.2) is 30.5 Å². The van der Waals surface area contributed by atoms with E-state index in [-0.39, 0.29) is 11.9 Å². The topological polar surface area (TPSA) is 51.5 Å². The van der Waals surface area contributed by atoms with Gasteiger partial charge in [-0.15, -0.1) is 0 Å². The first-order chi connectivity index (χ1) is 11.2. The Kier molecular flexibility index (Phi) is 4.76. The van der Waals surface area contributed by atoms with Crippen LogP contribution in [0.3, 0.4) is 0 Å². The highest BCUT2D eigenvalue weighted by molar-refractivity contribution is 5.97. The van der Waals surface area contributed by atoms with E-state index in [0.29, 0.717) is 6.61 Å². The Morgan fingerprint density at radius 2 is 2.04 bits per heavy atom. The van der Waals surface area contributed by atoms with Crippen LogP contribution >= 0.6 is 0 Å². The minimum Gasteiger partial charge on any atom is -0.466 e. The molecule has 1 aromatic heterocycles. The normalized spacial score (nSPS) is 16.6. The fourth-order valence-electron chi connectivity index (χ4n) is 3.27. The Morgan fingerprint density at radius 3 is 2.74 bits per heavy atom. The summed E-state index contributed by atoms with van der Waals surface area (Å²) < 4.78 is 7.22. The highest BCUT2D eigenvalue weighted by Gasteiger charge is 2.26. The average molecular weight is 314 g/mol. The van der Waals surface area contributed by atoms with E-state index in [1.54, 1.807) is 0 Å². The van der Waals surface area contributed by atoms with Crippen LogP contribution in [0.1, 0.15) is 30.1 Å². The standard InChI is InChI=1S/C18H22N2O3/c1-2-23-18(22)14-7-9-19(10-8-14)13-20-11-15(12-21)16-5-3-4-6-17(16)20/h3-6,11-12,14H,2,7-10,13H2,1H3. The van der Waals surface area contributed by atoms with Gasteiger partial charge in [-0.1, -0.05) is 18.2 Å². The molecular weight excluding hydrogens is 292 g/mol. The number of benzene rings is 1. The number of para-hydroxylation sites is 1. The van der Waals surface area contributed by atoms with Crippen molar-refractivity contribution in [3.8, 4) is 0 Å². The number of aldehydes is 1. The molecule has 5 nitrogen and oxygen atoms in total. The number of carbonyl (C=O) groups is 2. The molecule has 23 heavy (non-hydrogen) atoms. The molecule has 0 radical (unpaired) electrons. The number of carbonyl (C=O) groups excluding carboxylic acids is 2. The molecule has 1 aliphatic rings. The molecular formula is C18H22N2O3. The summed E-state index contributed by atoms with van der Waals surface area (Å²) in [7, 11) is 0. The molecule has 5 heteroatoms. The van der Waals surface area contributed by atoms with Crippen molar-refractivity contribution in [2.24, 2.45) is 5.92 Å². The van der Waals surface area contributed by atoms with Gasteiger partial charge in [0.1, 0.15) is 0 Å². The molecule has 0 unspecified atom stereocenters. The van der Waals surface area contributed by atoms with Crippen LogP contribution in [0, 0.1) is 5.92 Å².